The normalized spacial score (nSPS) is 17.9. The molecule has 2 heterocycles. The molecule has 1 aliphatic heterocycles. The van der Waals surface area contributed by atoms with Crippen LogP contribution in [0.2, 0.25) is 5.02 Å². The van der Waals surface area contributed by atoms with Crippen molar-refractivity contribution >= 4 is 34.2 Å². The van der Waals surface area contributed by atoms with Gasteiger partial charge in [0.2, 0.25) is 5.91 Å². The Morgan fingerprint density at radius 1 is 1.21 bits per heavy atom. The Morgan fingerprint density at radius 3 is 2.79 bits per heavy atom. The Balaban J connectivity index is 1.71. The molecule has 4 rings (SSSR count). The number of hydrogen-bond donors (Lipinski definition) is 0. The van der Waals surface area contributed by atoms with Crippen LogP contribution in [0, 0.1) is 5.82 Å². The number of imidazole rings is 1. The fourth-order valence-electron chi connectivity index (χ4n) is 3.34. The van der Waals surface area contributed by atoms with Crippen molar-refractivity contribution in [1.29, 1.82) is 0 Å². The number of carbonyl (C=O) groups excluding carboxylic acids is 1. The van der Waals surface area contributed by atoms with Crippen molar-refractivity contribution < 1.29 is 9.18 Å². The molecule has 122 valence electrons. The van der Waals surface area contributed by atoms with Gasteiger partial charge in [0, 0.05) is 25.9 Å². The number of para-hydroxylation sites is 2. The van der Waals surface area contributed by atoms with Crippen LogP contribution >= 0.6 is 11.6 Å². The van der Waals surface area contributed by atoms with Gasteiger partial charge >= 0.3 is 0 Å². The summed E-state index contributed by atoms with van der Waals surface area (Å²) >= 11 is 5.84. The van der Waals surface area contributed by atoms with E-state index in [-0.39, 0.29) is 22.5 Å². The highest BCUT2D eigenvalue weighted by molar-refractivity contribution is 6.31. The summed E-state index contributed by atoms with van der Waals surface area (Å²) in [5.74, 6) is 0.0918. The number of aryl methyl sites for hydroxylation is 1. The first-order valence-electron chi connectivity index (χ1n) is 7.72. The van der Waals surface area contributed by atoms with Gasteiger partial charge in [0.15, 0.2) is 5.82 Å². The summed E-state index contributed by atoms with van der Waals surface area (Å²) in [7, 11) is 1.94. The van der Waals surface area contributed by atoms with E-state index in [9.17, 15) is 9.18 Å². The van der Waals surface area contributed by atoms with Crippen molar-refractivity contribution in [2.45, 2.75) is 12.3 Å². The third-order valence-electron chi connectivity index (χ3n) is 4.53. The van der Waals surface area contributed by atoms with E-state index in [1.807, 2.05) is 35.9 Å². The number of fused-ring (bicyclic) bond motifs is 1. The molecule has 1 aromatic heterocycles. The Bertz CT molecular complexity index is 953. The Hall–Kier alpha value is -2.40. The predicted molar refractivity (Wildman–Crippen MR) is 91.8 cm³/mol. The Kier molecular flexibility index (Phi) is 3.53. The van der Waals surface area contributed by atoms with Gasteiger partial charge < -0.3 is 9.47 Å². The summed E-state index contributed by atoms with van der Waals surface area (Å²) in [5, 5.41) is 0.0199. The van der Waals surface area contributed by atoms with E-state index in [4.69, 9.17) is 11.6 Å². The SMILES string of the molecule is Cn1c(C2CC(=O)N(c3cccc(Cl)c3F)C2)nc2ccccc21. The van der Waals surface area contributed by atoms with Gasteiger partial charge in [0.25, 0.3) is 0 Å². The number of anilines is 1. The molecule has 24 heavy (non-hydrogen) atoms. The maximum Gasteiger partial charge on any atom is 0.227 e. The minimum absolute atomic E-state index is 0.0199. The molecule has 0 bridgehead atoms. The molecule has 1 amide bonds. The summed E-state index contributed by atoms with van der Waals surface area (Å²) in [5.41, 5.74) is 2.15. The quantitative estimate of drug-likeness (QED) is 0.708. The van der Waals surface area contributed by atoms with Crippen molar-refractivity contribution in [2.75, 3.05) is 11.4 Å². The summed E-state index contributed by atoms with van der Waals surface area (Å²) < 4.78 is 16.3. The number of halogens is 2. The first-order chi connectivity index (χ1) is 11.6. The van der Waals surface area contributed by atoms with Crippen molar-refractivity contribution in [2.24, 2.45) is 7.05 Å². The van der Waals surface area contributed by atoms with Crippen LogP contribution in [-0.2, 0) is 11.8 Å². The van der Waals surface area contributed by atoms with Gasteiger partial charge in [-0.25, -0.2) is 9.37 Å². The lowest BCUT2D eigenvalue weighted by molar-refractivity contribution is -0.117. The number of amides is 1. The van der Waals surface area contributed by atoms with Gasteiger partial charge in [-0.15, -0.1) is 0 Å². The van der Waals surface area contributed by atoms with Gasteiger partial charge in [-0.3, -0.25) is 4.79 Å². The van der Waals surface area contributed by atoms with E-state index in [0.29, 0.717) is 13.0 Å². The second-order valence-corrected chi connectivity index (χ2v) is 6.40. The van der Waals surface area contributed by atoms with E-state index in [1.165, 1.54) is 11.0 Å². The molecule has 0 saturated carbocycles. The average Bonchev–Trinajstić information content (AvgIpc) is 3.11. The zero-order valence-corrected chi connectivity index (χ0v) is 13.8. The van der Waals surface area contributed by atoms with Crippen LogP contribution in [0.4, 0.5) is 10.1 Å². The summed E-state index contributed by atoms with van der Waals surface area (Å²) in [6.07, 6.45) is 0.309. The standard InChI is InChI=1S/C18H15ClFN3O/c1-22-14-7-3-2-6-13(14)21-18(22)11-9-16(24)23(10-11)15-8-4-5-12(19)17(15)20/h2-8,11H,9-10H2,1H3. The Morgan fingerprint density at radius 2 is 2.00 bits per heavy atom. The van der Waals surface area contributed by atoms with E-state index >= 15 is 0 Å². The first kappa shape index (κ1) is 15.1. The smallest absolute Gasteiger partial charge is 0.227 e. The molecule has 1 aliphatic rings. The molecule has 6 heteroatoms. The molecule has 1 saturated heterocycles. The summed E-state index contributed by atoms with van der Waals surface area (Å²) in [6.45, 7) is 0.396. The lowest BCUT2D eigenvalue weighted by Gasteiger charge is -2.18. The molecular formula is C18H15ClFN3O. The molecule has 0 N–H and O–H groups in total. The lowest BCUT2D eigenvalue weighted by Crippen LogP contribution is -2.25. The molecule has 3 aromatic rings. The van der Waals surface area contributed by atoms with Crippen LogP contribution in [0.5, 0.6) is 0 Å². The average molecular weight is 344 g/mol. The number of hydrogen-bond acceptors (Lipinski definition) is 2. The maximum absolute atomic E-state index is 14.3. The van der Waals surface area contributed by atoms with Gasteiger partial charge in [0.05, 0.1) is 21.7 Å². The molecule has 4 nitrogen and oxygen atoms in total. The van der Waals surface area contributed by atoms with Crippen LogP contribution in [0.1, 0.15) is 18.2 Å². The molecule has 2 aromatic carbocycles. The number of carbonyl (C=O) groups is 1. The highest BCUT2D eigenvalue weighted by Gasteiger charge is 2.35. The van der Waals surface area contributed by atoms with Gasteiger partial charge in [-0.05, 0) is 24.3 Å². The molecule has 1 atom stereocenters. The second kappa shape index (κ2) is 5.60. The van der Waals surface area contributed by atoms with Crippen LogP contribution in [0.3, 0.4) is 0 Å². The van der Waals surface area contributed by atoms with Crippen LogP contribution in [0.25, 0.3) is 11.0 Å². The second-order valence-electron chi connectivity index (χ2n) is 6.00. The number of rotatable bonds is 2. The molecule has 1 unspecified atom stereocenters. The molecule has 0 spiro atoms. The third-order valence-corrected chi connectivity index (χ3v) is 4.83. The lowest BCUT2D eigenvalue weighted by atomic mass is 10.1. The van der Waals surface area contributed by atoms with E-state index in [1.54, 1.807) is 12.1 Å². The van der Waals surface area contributed by atoms with Crippen LogP contribution in [0.15, 0.2) is 42.5 Å². The van der Waals surface area contributed by atoms with Crippen molar-refractivity contribution in [3.05, 3.63) is 59.1 Å². The predicted octanol–water partition coefficient (Wildman–Crippen LogP) is 3.89. The number of nitrogens with zero attached hydrogens (tertiary/aromatic N) is 3. The topological polar surface area (TPSA) is 38.1 Å². The fourth-order valence-corrected chi connectivity index (χ4v) is 3.51. The summed E-state index contributed by atoms with van der Waals surface area (Å²) in [6, 6.07) is 12.5. The maximum atomic E-state index is 14.3. The Labute approximate surface area is 143 Å². The molecule has 0 aliphatic carbocycles. The van der Waals surface area contributed by atoms with Crippen molar-refractivity contribution in [3.63, 3.8) is 0 Å². The molecular weight excluding hydrogens is 329 g/mol. The highest BCUT2D eigenvalue weighted by atomic mass is 35.5. The molecule has 1 fully saturated rings. The third kappa shape index (κ3) is 2.27. The highest BCUT2D eigenvalue weighted by Crippen LogP contribution is 2.35. The number of benzene rings is 2. The zero-order chi connectivity index (χ0) is 16.8. The fraction of sp³-hybridized carbons (Fsp3) is 0.222. The zero-order valence-electron chi connectivity index (χ0n) is 13.0. The monoisotopic (exact) mass is 343 g/mol. The van der Waals surface area contributed by atoms with Gasteiger partial charge in [-0.2, -0.15) is 0 Å². The first-order valence-corrected chi connectivity index (χ1v) is 8.10. The van der Waals surface area contributed by atoms with E-state index < -0.39 is 5.82 Å². The van der Waals surface area contributed by atoms with Crippen LogP contribution in [-0.4, -0.2) is 22.0 Å². The van der Waals surface area contributed by atoms with E-state index in [0.717, 1.165) is 16.9 Å². The molecule has 0 radical (unpaired) electrons. The summed E-state index contributed by atoms with van der Waals surface area (Å²) in [4.78, 5) is 18.6. The van der Waals surface area contributed by atoms with E-state index in [2.05, 4.69) is 4.98 Å². The largest absolute Gasteiger partial charge is 0.331 e. The van der Waals surface area contributed by atoms with Crippen LogP contribution < -0.4 is 4.90 Å². The van der Waals surface area contributed by atoms with Gasteiger partial charge in [-0.1, -0.05) is 29.8 Å². The van der Waals surface area contributed by atoms with Crippen molar-refractivity contribution in [3.8, 4) is 0 Å². The minimum atomic E-state index is -0.557. The van der Waals surface area contributed by atoms with Gasteiger partial charge in [0.1, 0.15) is 5.82 Å². The van der Waals surface area contributed by atoms with Crippen molar-refractivity contribution in [1.82, 2.24) is 9.55 Å². The number of aromatic nitrogens is 2. The minimum Gasteiger partial charge on any atom is -0.331 e.